The van der Waals surface area contributed by atoms with Crippen LogP contribution < -0.4 is 11.1 Å². The van der Waals surface area contributed by atoms with Gasteiger partial charge in [-0.1, -0.05) is 30.3 Å². The molecule has 0 unspecified atom stereocenters. The number of ether oxygens (including phenoxy) is 2. The molecular weight excluding hydrogens is 592 g/mol. The number of benzene rings is 1. The van der Waals surface area contributed by atoms with Crippen molar-refractivity contribution in [3.63, 3.8) is 0 Å². The maximum Gasteiger partial charge on any atom is 0.410 e. The Balaban J connectivity index is 1.39. The van der Waals surface area contributed by atoms with Crippen LogP contribution in [0.3, 0.4) is 0 Å². The van der Waals surface area contributed by atoms with Gasteiger partial charge in [0.05, 0.1) is 23.5 Å². The van der Waals surface area contributed by atoms with E-state index in [4.69, 9.17) is 31.8 Å². The van der Waals surface area contributed by atoms with E-state index < -0.39 is 17.7 Å². The molecular formula is C34H41ClN6O4. The molecule has 11 heteroatoms. The number of halogens is 1. The molecule has 45 heavy (non-hydrogen) atoms. The molecule has 0 spiro atoms. The van der Waals surface area contributed by atoms with Crippen LogP contribution in [0.1, 0.15) is 68.0 Å². The topological polar surface area (TPSA) is 113 Å². The first-order chi connectivity index (χ1) is 21.5. The van der Waals surface area contributed by atoms with Gasteiger partial charge in [-0.15, -0.1) is 0 Å². The van der Waals surface area contributed by atoms with Crippen LogP contribution in [-0.4, -0.2) is 82.3 Å². The number of nitrogens with two attached hydrogens (primary N) is 1. The molecule has 1 aromatic heterocycles. The number of hydrogen-bond acceptors (Lipinski definition) is 8. The zero-order chi connectivity index (χ0) is 31.9. The summed E-state index contributed by atoms with van der Waals surface area (Å²) in [5, 5.41) is 3.66. The Kier molecular flexibility index (Phi) is 8.30. The minimum Gasteiger partial charge on any atom is -0.443 e. The fraction of sp³-hybridized carbons (Fsp3) is 0.441. The lowest BCUT2D eigenvalue weighted by Gasteiger charge is -2.39. The lowest BCUT2D eigenvalue weighted by Crippen LogP contribution is -2.50. The maximum absolute atomic E-state index is 13.3. The Morgan fingerprint density at radius 2 is 1.82 bits per heavy atom. The minimum absolute atomic E-state index is 0.234. The van der Waals surface area contributed by atoms with Gasteiger partial charge in [0.25, 0.3) is 0 Å². The number of aromatic nitrogens is 1. The molecule has 1 aliphatic heterocycles. The number of nitrogens with one attached hydrogen (secondary N) is 1. The predicted molar refractivity (Wildman–Crippen MR) is 174 cm³/mol. The average Bonchev–Trinajstić information content (AvgIpc) is 3.95. The van der Waals surface area contributed by atoms with Crippen LogP contribution in [0.15, 0.2) is 61.2 Å². The first kappa shape index (κ1) is 31.0. The van der Waals surface area contributed by atoms with Crippen LogP contribution in [0.4, 0.5) is 9.59 Å². The maximum atomic E-state index is 13.3. The molecule has 2 amide bonds. The molecule has 3 fully saturated rings. The van der Waals surface area contributed by atoms with E-state index in [1.54, 1.807) is 22.2 Å². The first-order valence-electron chi connectivity index (χ1n) is 15.5. The second-order valence-corrected chi connectivity index (χ2v) is 13.3. The van der Waals surface area contributed by atoms with E-state index >= 15 is 0 Å². The number of carbonyl (C=O) groups is 2. The number of alkyl carbamates (subject to hydrolysis) is 1. The molecule has 238 valence electrons. The number of nitrogens with zero attached hydrogens (tertiary/aromatic N) is 4. The highest BCUT2D eigenvalue weighted by molar-refractivity contribution is 6.30. The van der Waals surface area contributed by atoms with E-state index in [-0.39, 0.29) is 17.7 Å². The summed E-state index contributed by atoms with van der Waals surface area (Å²) in [6, 6.07) is 8.82. The Bertz CT molecular complexity index is 1560. The fourth-order valence-corrected chi connectivity index (χ4v) is 6.17. The van der Waals surface area contributed by atoms with Gasteiger partial charge in [-0.2, -0.15) is 0 Å². The van der Waals surface area contributed by atoms with Gasteiger partial charge in [0.15, 0.2) is 0 Å². The number of amides is 2. The summed E-state index contributed by atoms with van der Waals surface area (Å²) in [6.45, 7) is 10.2. The molecule has 6 rings (SSSR count). The third-order valence-corrected chi connectivity index (χ3v) is 9.54. The first-order valence-corrected chi connectivity index (χ1v) is 15.9. The Morgan fingerprint density at radius 3 is 2.47 bits per heavy atom. The Morgan fingerprint density at radius 1 is 1.13 bits per heavy atom. The predicted octanol–water partition coefficient (Wildman–Crippen LogP) is 5.51. The van der Waals surface area contributed by atoms with Crippen molar-refractivity contribution < 1.29 is 19.1 Å². The van der Waals surface area contributed by atoms with Gasteiger partial charge in [0.1, 0.15) is 11.2 Å². The average molecular weight is 633 g/mol. The standard InChI is InChI=1S/C34H41ClN6O4/c1-5-39(4)27(21-36)29(38-31(42)44-33(2)10-11-33)26-19-22-7-6-14-37-28(22)30(24-9-8-23(35)20-25(24)26)40-15-17-41(18-16-40)32(43)45-34(3)12-13-34/h5-9,14,19-21,29-30H,1,10-13,15-18,36H2,2-4H3,(H,38,42)/b27-21-/t29-,30+/m1/s1. The number of likely N-dealkylation sites (N-methyl/N-ethyl adjacent to an activating group) is 1. The molecule has 10 nitrogen and oxygen atoms in total. The zero-order valence-corrected chi connectivity index (χ0v) is 26.8. The van der Waals surface area contributed by atoms with Crippen LogP contribution in [0, 0.1) is 0 Å². The molecule has 0 bridgehead atoms. The molecule has 2 aromatic rings. The van der Waals surface area contributed by atoms with Crippen molar-refractivity contribution in [2.24, 2.45) is 5.73 Å². The summed E-state index contributed by atoms with van der Waals surface area (Å²) in [4.78, 5) is 37.0. The molecule has 3 aliphatic carbocycles. The lowest BCUT2D eigenvalue weighted by molar-refractivity contribution is 0.0380. The number of hydrogen-bond donors (Lipinski definition) is 2. The van der Waals surface area contributed by atoms with Crippen LogP contribution in [0.2, 0.25) is 5.02 Å². The summed E-state index contributed by atoms with van der Waals surface area (Å²) < 4.78 is 11.5. The normalized spacial score (nSPS) is 22.0. The molecule has 1 aromatic carbocycles. The largest absolute Gasteiger partial charge is 0.443 e. The van der Waals surface area contributed by atoms with Crippen LogP contribution in [-0.2, 0) is 9.47 Å². The van der Waals surface area contributed by atoms with Gasteiger partial charge >= 0.3 is 12.2 Å². The van der Waals surface area contributed by atoms with Gasteiger partial charge in [-0.25, -0.2) is 9.59 Å². The molecule has 1 saturated heterocycles. The van der Waals surface area contributed by atoms with Gasteiger partial charge in [0.2, 0.25) is 0 Å². The van der Waals surface area contributed by atoms with Crippen molar-refractivity contribution in [2.45, 2.75) is 62.8 Å². The van der Waals surface area contributed by atoms with E-state index in [1.807, 2.05) is 57.3 Å². The number of rotatable bonds is 8. The molecule has 3 N–H and O–H groups in total. The van der Waals surface area contributed by atoms with Crippen molar-refractivity contribution in [1.82, 2.24) is 25.0 Å². The van der Waals surface area contributed by atoms with E-state index in [9.17, 15) is 9.59 Å². The van der Waals surface area contributed by atoms with Gasteiger partial charge in [-0.3, -0.25) is 9.88 Å². The highest BCUT2D eigenvalue weighted by Gasteiger charge is 2.44. The molecule has 4 aliphatic rings. The van der Waals surface area contributed by atoms with E-state index in [0.717, 1.165) is 53.6 Å². The second kappa shape index (κ2) is 12.1. The SMILES string of the molecule is C=CN(C)/C(=C\N)[C@H](NC(=O)OC1(C)CC1)C1=Cc2cccnc2[C@@H](N2CCN(C(=O)OC3(C)CC3)CC2)c2ccc(Cl)cc21. The third-order valence-electron chi connectivity index (χ3n) is 9.30. The summed E-state index contributed by atoms with van der Waals surface area (Å²) >= 11 is 6.67. The molecule has 2 saturated carbocycles. The van der Waals surface area contributed by atoms with Crippen molar-refractivity contribution in [1.29, 1.82) is 0 Å². The summed E-state index contributed by atoms with van der Waals surface area (Å²) in [6.07, 6.45) is 9.65. The van der Waals surface area contributed by atoms with Crippen LogP contribution >= 0.6 is 11.6 Å². The minimum atomic E-state index is -0.702. The summed E-state index contributed by atoms with van der Waals surface area (Å²) in [5.74, 6) is 0. The van der Waals surface area contributed by atoms with E-state index in [2.05, 4.69) is 16.8 Å². The lowest BCUT2D eigenvalue weighted by atomic mass is 9.89. The van der Waals surface area contributed by atoms with Crippen LogP contribution in [0.5, 0.6) is 0 Å². The Hall–Kier alpha value is -4.02. The van der Waals surface area contributed by atoms with Crippen molar-refractivity contribution in [2.75, 3.05) is 33.2 Å². The Labute approximate surface area is 269 Å². The van der Waals surface area contributed by atoms with Gasteiger partial charge in [0, 0.05) is 50.6 Å². The molecule has 2 atom stereocenters. The summed E-state index contributed by atoms with van der Waals surface area (Å²) in [7, 11) is 1.83. The highest BCUT2D eigenvalue weighted by Crippen LogP contribution is 2.44. The van der Waals surface area contributed by atoms with Crippen LogP contribution in [0.25, 0.3) is 11.6 Å². The third kappa shape index (κ3) is 6.53. The zero-order valence-electron chi connectivity index (χ0n) is 26.1. The smallest absolute Gasteiger partial charge is 0.410 e. The number of pyridine rings is 1. The molecule has 2 heterocycles. The van der Waals surface area contributed by atoms with Gasteiger partial charge in [-0.05, 0) is 92.3 Å². The monoisotopic (exact) mass is 632 g/mol. The van der Waals surface area contributed by atoms with Gasteiger partial charge < -0.3 is 30.3 Å². The van der Waals surface area contributed by atoms with E-state index in [1.165, 1.54) is 6.20 Å². The molecule has 0 radical (unpaired) electrons. The van der Waals surface area contributed by atoms with Crippen molar-refractivity contribution in [3.05, 3.63) is 88.6 Å². The quantitative estimate of drug-likeness (QED) is 0.392. The number of carbonyl (C=O) groups excluding carboxylic acids is 2. The summed E-state index contributed by atoms with van der Waals surface area (Å²) in [5.41, 5.74) is 10.5. The van der Waals surface area contributed by atoms with Crippen molar-refractivity contribution >= 4 is 35.4 Å². The second-order valence-electron chi connectivity index (χ2n) is 12.9. The number of piperazine rings is 1. The van der Waals surface area contributed by atoms with Crippen molar-refractivity contribution in [3.8, 4) is 0 Å². The fourth-order valence-electron chi connectivity index (χ4n) is 6.00. The van der Waals surface area contributed by atoms with E-state index in [0.29, 0.717) is 36.9 Å². The highest BCUT2D eigenvalue weighted by atomic mass is 35.5. The number of fused-ring (bicyclic) bond motifs is 2.